The van der Waals surface area contributed by atoms with Gasteiger partial charge in [0.05, 0.1) is 16.5 Å². The number of fused-ring (bicyclic) bond motifs is 1. The Bertz CT molecular complexity index is 848. The number of nitrogens with zero attached hydrogens (tertiary/aromatic N) is 2. The maximum absolute atomic E-state index is 13.0. The van der Waals surface area contributed by atoms with E-state index in [-0.39, 0.29) is 5.39 Å². The molecule has 1 aromatic heterocycles. The molecule has 0 unspecified atom stereocenters. The van der Waals surface area contributed by atoms with Gasteiger partial charge in [-0.15, -0.1) is 0 Å². The molecule has 112 valence electrons. The number of rotatable bonds is 2. The van der Waals surface area contributed by atoms with Crippen LogP contribution in [0.5, 0.6) is 0 Å². The summed E-state index contributed by atoms with van der Waals surface area (Å²) < 4.78 is 39.9. The molecule has 0 saturated heterocycles. The molecule has 1 aromatic carbocycles. The molecule has 2 aromatic rings. The van der Waals surface area contributed by atoms with Crippen LogP contribution in [0.4, 0.5) is 13.2 Å². The molecule has 0 atom stereocenters. The largest absolute Gasteiger partial charge is 0.480 e. The molecule has 6 nitrogen and oxygen atoms in total. The molecule has 0 spiro atoms. The van der Waals surface area contributed by atoms with Crippen LogP contribution in [0.15, 0.2) is 27.8 Å². The van der Waals surface area contributed by atoms with E-state index in [1.165, 1.54) is 0 Å². The van der Waals surface area contributed by atoms with E-state index in [2.05, 4.69) is 0 Å². The standard InChI is InChI=1S/C12H9F3N2O4/c1-16-9-6(3-2-4-7(9)12(13,14)15)10(20)17(11(16)21)5-8(18)19/h2-4H,5H2,1H3,(H,18,19). The Morgan fingerprint density at radius 1 is 1.29 bits per heavy atom. The summed E-state index contributed by atoms with van der Waals surface area (Å²) in [6, 6.07) is 2.90. The van der Waals surface area contributed by atoms with Crippen molar-refractivity contribution in [3.8, 4) is 0 Å². The highest BCUT2D eigenvalue weighted by molar-refractivity contribution is 5.82. The summed E-state index contributed by atoms with van der Waals surface area (Å²) in [7, 11) is 1.05. The van der Waals surface area contributed by atoms with Gasteiger partial charge in [0.1, 0.15) is 6.54 Å². The fourth-order valence-corrected chi connectivity index (χ4v) is 2.09. The van der Waals surface area contributed by atoms with E-state index in [0.717, 1.165) is 25.2 Å². The van der Waals surface area contributed by atoms with E-state index < -0.39 is 41.0 Å². The lowest BCUT2D eigenvalue weighted by atomic mass is 10.1. The molecule has 2 rings (SSSR count). The van der Waals surface area contributed by atoms with Crippen LogP contribution in [0.25, 0.3) is 10.9 Å². The number of benzene rings is 1. The average Bonchev–Trinajstić information content (AvgIpc) is 2.39. The first-order valence-electron chi connectivity index (χ1n) is 5.66. The third kappa shape index (κ3) is 2.41. The summed E-state index contributed by atoms with van der Waals surface area (Å²) in [5.41, 5.74) is -3.88. The highest BCUT2D eigenvalue weighted by Gasteiger charge is 2.34. The quantitative estimate of drug-likeness (QED) is 0.890. The van der Waals surface area contributed by atoms with Crippen molar-refractivity contribution >= 4 is 16.9 Å². The fraction of sp³-hybridized carbons (Fsp3) is 0.250. The minimum atomic E-state index is -4.74. The molecule has 0 aliphatic rings. The van der Waals surface area contributed by atoms with Gasteiger partial charge >= 0.3 is 17.8 Å². The van der Waals surface area contributed by atoms with Crippen molar-refractivity contribution in [3.05, 3.63) is 44.6 Å². The van der Waals surface area contributed by atoms with Gasteiger partial charge < -0.3 is 5.11 Å². The topological polar surface area (TPSA) is 81.3 Å². The molecule has 0 aliphatic heterocycles. The number of hydrogen-bond acceptors (Lipinski definition) is 3. The van der Waals surface area contributed by atoms with Crippen molar-refractivity contribution in [3.63, 3.8) is 0 Å². The van der Waals surface area contributed by atoms with E-state index in [1.807, 2.05) is 0 Å². The van der Waals surface area contributed by atoms with E-state index in [4.69, 9.17) is 5.11 Å². The van der Waals surface area contributed by atoms with Gasteiger partial charge in [0.15, 0.2) is 0 Å². The van der Waals surface area contributed by atoms with E-state index in [0.29, 0.717) is 9.13 Å². The zero-order valence-corrected chi connectivity index (χ0v) is 10.6. The van der Waals surface area contributed by atoms with Crippen molar-refractivity contribution in [2.75, 3.05) is 0 Å². The highest BCUT2D eigenvalue weighted by Crippen LogP contribution is 2.33. The van der Waals surface area contributed by atoms with Crippen molar-refractivity contribution in [1.82, 2.24) is 9.13 Å². The lowest BCUT2D eigenvalue weighted by Gasteiger charge is -2.14. The number of halogens is 3. The highest BCUT2D eigenvalue weighted by atomic mass is 19.4. The molecule has 0 saturated carbocycles. The van der Waals surface area contributed by atoms with E-state index in [9.17, 15) is 27.6 Å². The Morgan fingerprint density at radius 3 is 2.43 bits per heavy atom. The smallest absolute Gasteiger partial charge is 0.418 e. The maximum atomic E-state index is 13.0. The lowest BCUT2D eigenvalue weighted by Crippen LogP contribution is -2.41. The molecule has 0 fully saturated rings. The van der Waals surface area contributed by atoms with Gasteiger partial charge in [0.25, 0.3) is 5.56 Å². The fourth-order valence-electron chi connectivity index (χ4n) is 2.09. The van der Waals surface area contributed by atoms with Gasteiger partial charge in [-0.2, -0.15) is 13.2 Å². The number of para-hydroxylation sites is 1. The molecule has 21 heavy (non-hydrogen) atoms. The SMILES string of the molecule is Cn1c(=O)n(CC(=O)O)c(=O)c2cccc(C(F)(F)F)c21. The minimum absolute atomic E-state index is 0.367. The minimum Gasteiger partial charge on any atom is -0.480 e. The Balaban J connectivity index is 2.99. The third-order valence-electron chi connectivity index (χ3n) is 2.96. The summed E-state index contributed by atoms with van der Waals surface area (Å²) in [4.78, 5) is 34.6. The summed E-state index contributed by atoms with van der Waals surface area (Å²) in [6.45, 7) is -0.919. The van der Waals surface area contributed by atoms with Gasteiger partial charge in [-0.05, 0) is 12.1 Å². The van der Waals surface area contributed by atoms with Crippen molar-refractivity contribution < 1.29 is 23.1 Å². The summed E-state index contributed by atoms with van der Waals surface area (Å²) in [6.07, 6.45) is -4.74. The molecule has 0 bridgehead atoms. The summed E-state index contributed by atoms with van der Waals surface area (Å²) in [5, 5.41) is 8.31. The predicted molar refractivity (Wildman–Crippen MR) is 66.1 cm³/mol. The Labute approximate surface area is 114 Å². The lowest BCUT2D eigenvalue weighted by molar-refractivity contribution is -0.138. The van der Waals surface area contributed by atoms with Crippen LogP contribution in [-0.4, -0.2) is 20.2 Å². The second kappa shape index (κ2) is 4.76. The van der Waals surface area contributed by atoms with Crippen LogP contribution in [-0.2, 0) is 24.6 Å². The van der Waals surface area contributed by atoms with Crippen LogP contribution in [0, 0.1) is 0 Å². The molecule has 1 N–H and O–H groups in total. The summed E-state index contributed by atoms with van der Waals surface area (Å²) in [5.74, 6) is -1.44. The van der Waals surface area contributed by atoms with Gasteiger partial charge in [-0.3, -0.25) is 14.2 Å². The third-order valence-corrected chi connectivity index (χ3v) is 2.96. The van der Waals surface area contributed by atoms with Crippen molar-refractivity contribution in [2.24, 2.45) is 7.05 Å². The number of aromatic nitrogens is 2. The molecule has 0 amide bonds. The number of hydrogen-bond donors (Lipinski definition) is 1. The number of carboxylic acid groups (broad SMARTS) is 1. The number of aryl methyl sites for hydroxylation is 1. The number of aliphatic carboxylic acids is 1. The summed E-state index contributed by atoms with van der Waals surface area (Å²) >= 11 is 0. The first-order valence-corrected chi connectivity index (χ1v) is 5.66. The van der Waals surface area contributed by atoms with Crippen LogP contribution >= 0.6 is 0 Å². The average molecular weight is 302 g/mol. The Kier molecular flexibility index (Phi) is 3.36. The molecule has 0 radical (unpaired) electrons. The molecule has 1 heterocycles. The van der Waals surface area contributed by atoms with Crippen molar-refractivity contribution in [1.29, 1.82) is 0 Å². The van der Waals surface area contributed by atoms with Crippen LogP contribution < -0.4 is 11.2 Å². The molecule has 0 aliphatic carbocycles. The Hall–Kier alpha value is -2.58. The number of carboxylic acids is 1. The second-order valence-electron chi connectivity index (χ2n) is 4.33. The van der Waals surface area contributed by atoms with Gasteiger partial charge in [0.2, 0.25) is 0 Å². The van der Waals surface area contributed by atoms with Crippen LogP contribution in [0.2, 0.25) is 0 Å². The van der Waals surface area contributed by atoms with Crippen LogP contribution in [0.3, 0.4) is 0 Å². The van der Waals surface area contributed by atoms with Crippen LogP contribution in [0.1, 0.15) is 5.56 Å². The molecular weight excluding hydrogens is 293 g/mol. The van der Waals surface area contributed by atoms with E-state index in [1.54, 1.807) is 0 Å². The Morgan fingerprint density at radius 2 is 1.90 bits per heavy atom. The first-order chi connectivity index (χ1) is 9.64. The molecule has 9 heteroatoms. The second-order valence-corrected chi connectivity index (χ2v) is 4.33. The molecular formula is C12H9F3N2O4. The van der Waals surface area contributed by atoms with Gasteiger partial charge in [0, 0.05) is 7.05 Å². The first kappa shape index (κ1) is 14.8. The van der Waals surface area contributed by atoms with Gasteiger partial charge in [-0.1, -0.05) is 6.07 Å². The normalized spacial score (nSPS) is 11.8. The number of carbonyl (C=O) groups is 1. The zero-order chi connectivity index (χ0) is 15.9. The monoisotopic (exact) mass is 302 g/mol. The zero-order valence-electron chi connectivity index (χ0n) is 10.6. The van der Waals surface area contributed by atoms with E-state index >= 15 is 0 Å². The predicted octanol–water partition coefficient (Wildman–Crippen LogP) is 0.804. The maximum Gasteiger partial charge on any atom is 0.418 e. The number of alkyl halides is 3. The van der Waals surface area contributed by atoms with Gasteiger partial charge in [-0.25, -0.2) is 9.36 Å². The van der Waals surface area contributed by atoms with Crippen molar-refractivity contribution in [2.45, 2.75) is 12.7 Å².